The van der Waals surface area contributed by atoms with Crippen molar-refractivity contribution in [2.75, 3.05) is 13.1 Å². The van der Waals surface area contributed by atoms with Crippen LogP contribution < -0.4 is 10.9 Å². The average molecular weight is 464 g/mol. The molecule has 3 heterocycles. The maximum Gasteiger partial charge on any atom is 0.291 e. The molecular weight excluding hydrogens is 430 g/mol. The van der Waals surface area contributed by atoms with E-state index in [0.29, 0.717) is 31.2 Å². The summed E-state index contributed by atoms with van der Waals surface area (Å²) in [6.45, 7) is 8.88. The fourth-order valence-corrected chi connectivity index (χ4v) is 4.41. The van der Waals surface area contributed by atoms with Crippen molar-refractivity contribution in [1.29, 1.82) is 0 Å². The van der Waals surface area contributed by atoms with Gasteiger partial charge in [-0.25, -0.2) is 4.68 Å². The van der Waals surface area contributed by atoms with Crippen molar-refractivity contribution in [3.05, 3.63) is 65.0 Å². The molecule has 0 aliphatic carbocycles. The number of para-hydroxylation sites is 1. The molecule has 0 radical (unpaired) electrons. The first kappa shape index (κ1) is 23.8. The van der Waals surface area contributed by atoms with Crippen molar-refractivity contribution in [2.45, 2.75) is 59.3 Å². The zero-order chi connectivity index (χ0) is 24.1. The van der Waals surface area contributed by atoms with Gasteiger partial charge in [-0.15, -0.1) is 0 Å². The monoisotopic (exact) mass is 463 g/mol. The normalized spacial score (nSPS) is 12.6. The number of furan rings is 1. The van der Waals surface area contributed by atoms with Gasteiger partial charge >= 0.3 is 0 Å². The van der Waals surface area contributed by atoms with Crippen LogP contribution in [0.1, 0.15) is 39.4 Å². The van der Waals surface area contributed by atoms with Gasteiger partial charge in [0.05, 0.1) is 19.0 Å². The number of nitrogens with zero attached hydrogens (tertiary/aromatic N) is 4. The number of benzene rings is 1. The van der Waals surface area contributed by atoms with Crippen LogP contribution in [0.5, 0.6) is 0 Å². The third-order valence-electron chi connectivity index (χ3n) is 6.39. The Morgan fingerprint density at radius 3 is 2.74 bits per heavy atom. The lowest BCUT2D eigenvalue weighted by Gasteiger charge is -2.27. The number of hydrogen-bond donors (Lipinski definition) is 1. The van der Waals surface area contributed by atoms with E-state index in [-0.39, 0.29) is 18.0 Å². The molecule has 1 N–H and O–H groups in total. The van der Waals surface area contributed by atoms with Crippen molar-refractivity contribution >= 4 is 27.7 Å². The average Bonchev–Trinajstić information content (AvgIpc) is 3.47. The molecule has 8 heteroatoms. The number of fused-ring (bicyclic) bond motifs is 3. The van der Waals surface area contributed by atoms with E-state index in [9.17, 15) is 9.59 Å². The Kier molecular flexibility index (Phi) is 7.47. The van der Waals surface area contributed by atoms with E-state index in [1.54, 1.807) is 12.5 Å². The number of nitrogens with one attached hydrogen (secondary N) is 1. The summed E-state index contributed by atoms with van der Waals surface area (Å²) in [6.07, 6.45) is 5.28. The van der Waals surface area contributed by atoms with E-state index in [1.165, 1.54) is 4.68 Å². The minimum Gasteiger partial charge on any atom is -0.468 e. The van der Waals surface area contributed by atoms with E-state index < -0.39 is 0 Å². The lowest BCUT2D eigenvalue weighted by molar-refractivity contribution is -0.122. The summed E-state index contributed by atoms with van der Waals surface area (Å²) < 4.78 is 8.79. The fraction of sp³-hybridized carbons (Fsp3) is 0.423. The highest BCUT2D eigenvalue weighted by molar-refractivity contribution is 6.07. The van der Waals surface area contributed by atoms with Crippen LogP contribution in [0.4, 0.5) is 0 Å². The first-order valence-corrected chi connectivity index (χ1v) is 12.0. The lowest BCUT2D eigenvalue weighted by atomic mass is 10.2. The molecule has 0 spiro atoms. The predicted molar refractivity (Wildman–Crippen MR) is 134 cm³/mol. The van der Waals surface area contributed by atoms with Gasteiger partial charge in [-0.05, 0) is 38.0 Å². The van der Waals surface area contributed by atoms with Crippen LogP contribution in [0, 0.1) is 0 Å². The molecule has 0 aliphatic rings. The summed E-state index contributed by atoms with van der Waals surface area (Å²) in [4.78, 5) is 28.2. The van der Waals surface area contributed by atoms with Crippen molar-refractivity contribution in [3.63, 3.8) is 0 Å². The second kappa shape index (κ2) is 10.7. The van der Waals surface area contributed by atoms with Crippen LogP contribution in [0.25, 0.3) is 21.8 Å². The van der Waals surface area contributed by atoms with Crippen LogP contribution >= 0.6 is 0 Å². The molecule has 4 rings (SSSR count). The second-order valence-electron chi connectivity index (χ2n) is 8.70. The number of aryl methyl sites for hydroxylation is 1. The zero-order valence-electron chi connectivity index (χ0n) is 20.2. The Labute approximate surface area is 199 Å². The molecule has 0 saturated heterocycles. The van der Waals surface area contributed by atoms with Gasteiger partial charge in [-0.3, -0.25) is 14.5 Å². The van der Waals surface area contributed by atoms with Crippen LogP contribution in [0.2, 0.25) is 0 Å². The van der Waals surface area contributed by atoms with Crippen molar-refractivity contribution in [2.24, 2.45) is 0 Å². The molecular formula is C26H33N5O3. The van der Waals surface area contributed by atoms with Crippen LogP contribution in [0.15, 0.2) is 58.1 Å². The maximum atomic E-state index is 13.3. The molecule has 180 valence electrons. The van der Waals surface area contributed by atoms with Gasteiger partial charge in [0, 0.05) is 42.0 Å². The first-order valence-electron chi connectivity index (χ1n) is 12.0. The second-order valence-corrected chi connectivity index (χ2v) is 8.70. The smallest absolute Gasteiger partial charge is 0.291 e. The molecule has 0 bridgehead atoms. The summed E-state index contributed by atoms with van der Waals surface area (Å²) in [5.41, 5.74) is 1.38. The molecule has 8 nitrogen and oxygen atoms in total. The molecule has 1 aromatic carbocycles. The van der Waals surface area contributed by atoms with Gasteiger partial charge in [0.15, 0.2) is 0 Å². The summed E-state index contributed by atoms with van der Waals surface area (Å²) >= 11 is 0. The minimum absolute atomic E-state index is 0.107. The Morgan fingerprint density at radius 1 is 1.18 bits per heavy atom. The molecule has 0 aliphatic heterocycles. The van der Waals surface area contributed by atoms with Crippen molar-refractivity contribution in [1.82, 2.24) is 24.6 Å². The van der Waals surface area contributed by atoms with Gasteiger partial charge in [0.2, 0.25) is 5.91 Å². The number of hydrogen-bond acceptors (Lipinski definition) is 5. The molecule has 0 fully saturated rings. The molecule has 1 amide bonds. The highest BCUT2D eigenvalue weighted by atomic mass is 16.3. The number of amides is 1. The van der Waals surface area contributed by atoms with Gasteiger partial charge < -0.3 is 14.3 Å². The van der Waals surface area contributed by atoms with Crippen molar-refractivity contribution < 1.29 is 9.21 Å². The Morgan fingerprint density at radius 2 is 2.00 bits per heavy atom. The van der Waals surface area contributed by atoms with Crippen LogP contribution in [0.3, 0.4) is 0 Å². The molecule has 0 saturated carbocycles. The highest BCUT2D eigenvalue weighted by Crippen LogP contribution is 2.26. The van der Waals surface area contributed by atoms with Gasteiger partial charge in [0.25, 0.3) is 5.56 Å². The molecule has 3 aromatic heterocycles. The standard InChI is InChI=1S/C26H33N5O3/c1-4-13-30-23-11-7-6-10-21(23)22-16-28-31(26(33)25(22)30)18-24(32)27-12-14-29(19(3)5-2)17-20-9-8-15-34-20/h6-11,15-16,19H,4-5,12-14,17-18H2,1-3H3,(H,27,32)/t19-/m1/s1. The fourth-order valence-electron chi connectivity index (χ4n) is 4.41. The van der Waals surface area contributed by atoms with E-state index in [4.69, 9.17) is 4.42 Å². The Bertz CT molecular complexity index is 1310. The number of carbonyl (C=O) groups excluding carboxylic acids is 1. The van der Waals surface area contributed by atoms with Crippen molar-refractivity contribution in [3.8, 4) is 0 Å². The summed E-state index contributed by atoms with van der Waals surface area (Å²) in [7, 11) is 0. The third kappa shape index (κ3) is 4.92. The molecule has 34 heavy (non-hydrogen) atoms. The Hall–Kier alpha value is -3.39. The SMILES string of the molecule is CCCn1c2ccccc2c2cnn(CC(=O)NCCN(Cc3ccco3)[C@H](C)CC)c(=O)c21. The summed E-state index contributed by atoms with van der Waals surface area (Å²) in [6, 6.07) is 12.2. The van der Waals surface area contributed by atoms with Crippen LogP contribution in [-0.4, -0.2) is 44.3 Å². The summed E-state index contributed by atoms with van der Waals surface area (Å²) in [5.74, 6) is 0.673. The number of carbonyl (C=O) groups is 1. The minimum atomic E-state index is -0.239. The predicted octanol–water partition coefficient (Wildman–Crippen LogP) is 3.77. The van der Waals surface area contributed by atoms with Gasteiger partial charge in [0.1, 0.15) is 17.8 Å². The van der Waals surface area contributed by atoms with E-state index >= 15 is 0 Å². The Balaban J connectivity index is 1.46. The first-order chi connectivity index (χ1) is 16.5. The highest BCUT2D eigenvalue weighted by Gasteiger charge is 2.17. The molecule has 1 atom stereocenters. The zero-order valence-corrected chi connectivity index (χ0v) is 20.2. The maximum absolute atomic E-state index is 13.3. The van der Waals surface area contributed by atoms with Gasteiger partial charge in [-0.2, -0.15) is 5.10 Å². The lowest BCUT2D eigenvalue weighted by Crippen LogP contribution is -2.41. The largest absolute Gasteiger partial charge is 0.468 e. The number of rotatable bonds is 11. The molecule has 0 unspecified atom stereocenters. The quantitative estimate of drug-likeness (QED) is 0.366. The topological polar surface area (TPSA) is 85.3 Å². The van der Waals surface area contributed by atoms with E-state index in [2.05, 4.69) is 36.1 Å². The molecule has 4 aromatic rings. The van der Waals surface area contributed by atoms with Gasteiger partial charge in [-0.1, -0.05) is 32.0 Å². The van der Waals surface area contributed by atoms with E-state index in [1.807, 2.05) is 41.0 Å². The van der Waals surface area contributed by atoms with Crippen LogP contribution in [-0.2, 0) is 24.4 Å². The third-order valence-corrected chi connectivity index (χ3v) is 6.39. The van der Waals surface area contributed by atoms with E-state index in [0.717, 1.165) is 41.4 Å². The summed E-state index contributed by atoms with van der Waals surface area (Å²) in [5, 5.41) is 9.09. The number of aromatic nitrogens is 3.